The molecule has 0 saturated heterocycles. The molecule has 4 aromatic rings. The molecule has 0 atom stereocenters. The molecule has 7 nitrogen and oxygen atoms in total. The number of alkyl halides is 3. The number of amides is 2. The number of ether oxygens (including phenoxy) is 2. The molecule has 0 aliphatic rings. The molecule has 0 aliphatic heterocycles. The van der Waals surface area contributed by atoms with Crippen LogP contribution in [-0.4, -0.2) is 24.6 Å². The summed E-state index contributed by atoms with van der Waals surface area (Å²) in [4.78, 5) is 24.1. The molecule has 0 aliphatic carbocycles. The second-order valence-corrected chi connectivity index (χ2v) is 8.29. The molecule has 39 heavy (non-hydrogen) atoms. The maximum absolute atomic E-state index is 12.7. The third kappa shape index (κ3) is 7.13. The molecule has 0 fully saturated rings. The number of carbonyl (C=O) groups excluding carboxylic acids is 2. The fraction of sp³-hybridized carbons (Fsp3) is 0.138. The lowest BCUT2D eigenvalue weighted by Gasteiger charge is -2.13. The molecule has 200 valence electrons. The molecule has 4 aromatic carbocycles. The number of anilines is 1. The van der Waals surface area contributed by atoms with E-state index in [1.807, 2.05) is 49.4 Å². The van der Waals surface area contributed by atoms with Crippen molar-refractivity contribution >= 4 is 34.5 Å². The summed E-state index contributed by atoms with van der Waals surface area (Å²) in [5.74, 6) is -1.17. The average molecular weight is 536 g/mol. The van der Waals surface area contributed by atoms with Gasteiger partial charge in [0.15, 0.2) is 11.5 Å². The molecule has 0 unspecified atom stereocenters. The molecule has 10 heteroatoms. The van der Waals surface area contributed by atoms with E-state index >= 15 is 0 Å². The van der Waals surface area contributed by atoms with Crippen molar-refractivity contribution in [3.8, 4) is 11.5 Å². The Labute approximate surface area is 222 Å². The van der Waals surface area contributed by atoms with Crippen molar-refractivity contribution in [3.05, 3.63) is 102 Å². The van der Waals surface area contributed by atoms with Gasteiger partial charge in [0.2, 0.25) is 0 Å². The fourth-order valence-corrected chi connectivity index (χ4v) is 3.71. The molecule has 0 heterocycles. The number of fused-ring (bicyclic) bond motifs is 1. The van der Waals surface area contributed by atoms with Gasteiger partial charge in [-0.1, -0.05) is 42.5 Å². The first-order valence-corrected chi connectivity index (χ1v) is 11.9. The van der Waals surface area contributed by atoms with Crippen LogP contribution in [-0.2, 0) is 22.4 Å². The van der Waals surface area contributed by atoms with Crippen LogP contribution in [0.25, 0.3) is 10.8 Å². The Kier molecular flexibility index (Phi) is 8.45. The summed E-state index contributed by atoms with van der Waals surface area (Å²) >= 11 is 0. The van der Waals surface area contributed by atoms with Crippen LogP contribution in [0.2, 0.25) is 0 Å². The first kappa shape index (κ1) is 27.2. The largest absolute Gasteiger partial charge is 0.490 e. The van der Waals surface area contributed by atoms with Crippen LogP contribution in [0, 0.1) is 0 Å². The molecule has 0 saturated carbocycles. The summed E-state index contributed by atoms with van der Waals surface area (Å²) in [5, 5.41) is 8.20. The van der Waals surface area contributed by atoms with Crippen molar-refractivity contribution in [3.63, 3.8) is 0 Å². The minimum Gasteiger partial charge on any atom is -0.490 e. The lowest BCUT2D eigenvalue weighted by atomic mass is 10.1. The summed E-state index contributed by atoms with van der Waals surface area (Å²) in [6.07, 6.45) is -3.18. The molecular formula is C29H24F3N3O4. The maximum atomic E-state index is 12.7. The Balaban J connectivity index is 1.36. The minimum absolute atomic E-state index is 0.0348. The van der Waals surface area contributed by atoms with E-state index in [1.165, 1.54) is 6.21 Å². The highest BCUT2D eigenvalue weighted by Gasteiger charge is 2.30. The van der Waals surface area contributed by atoms with Crippen molar-refractivity contribution < 1.29 is 32.2 Å². The van der Waals surface area contributed by atoms with E-state index in [9.17, 15) is 22.8 Å². The summed E-state index contributed by atoms with van der Waals surface area (Å²) in [6.45, 7) is 2.57. The smallest absolute Gasteiger partial charge is 0.416 e. The average Bonchev–Trinajstić information content (AvgIpc) is 2.92. The highest BCUT2D eigenvalue weighted by molar-refractivity contribution is 6.39. The maximum Gasteiger partial charge on any atom is 0.416 e. The van der Waals surface area contributed by atoms with E-state index in [4.69, 9.17) is 9.47 Å². The van der Waals surface area contributed by atoms with Crippen molar-refractivity contribution in [2.24, 2.45) is 5.10 Å². The van der Waals surface area contributed by atoms with E-state index in [0.717, 1.165) is 40.6 Å². The van der Waals surface area contributed by atoms with Crippen LogP contribution >= 0.6 is 0 Å². The van der Waals surface area contributed by atoms with Crippen LogP contribution in [0.5, 0.6) is 11.5 Å². The van der Waals surface area contributed by atoms with E-state index in [0.29, 0.717) is 30.3 Å². The number of carbonyl (C=O) groups is 2. The fourth-order valence-electron chi connectivity index (χ4n) is 3.71. The van der Waals surface area contributed by atoms with Gasteiger partial charge in [-0.15, -0.1) is 0 Å². The quantitative estimate of drug-likeness (QED) is 0.166. The minimum atomic E-state index is -4.50. The molecule has 0 bridgehead atoms. The van der Waals surface area contributed by atoms with Crippen LogP contribution in [0.4, 0.5) is 18.9 Å². The number of nitrogens with one attached hydrogen (secondary N) is 2. The third-order valence-corrected chi connectivity index (χ3v) is 5.59. The van der Waals surface area contributed by atoms with Crippen LogP contribution in [0.15, 0.2) is 90.0 Å². The highest BCUT2D eigenvalue weighted by atomic mass is 19.4. The van der Waals surface area contributed by atoms with Crippen molar-refractivity contribution in [2.75, 3.05) is 11.9 Å². The number of nitrogens with zero attached hydrogens (tertiary/aromatic N) is 1. The van der Waals surface area contributed by atoms with Gasteiger partial charge in [-0.25, -0.2) is 5.43 Å². The van der Waals surface area contributed by atoms with Gasteiger partial charge in [0.05, 0.1) is 18.4 Å². The van der Waals surface area contributed by atoms with E-state index < -0.39 is 23.6 Å². The van der Waals surface area contributed by atoms with Gasteiger partial charge in [-0.3, -0.25) is 9.59 Å². The lowest BCUT2D eigenvalue weighted by Crippen LogP contribution is -2.32. The number of halogens is 3. The van der Waals surface area contributed by atoms with E-state index in [-0.39, 0.29) is 5.69 Å². The SMILES string of the molecule is CCOc1cc(/C=N/NC(=O)C(=O)Nc2ccc(C(F)(F)F)cc2)ccc1OCc1cccc2ccccc12. The number of hydrogen-bond donors (Lipinski definition) is 2. The van der Waals surface area contributed by atoms with Crippen LogP contribution < -0.4 is 20.2 Å². The predicted molar refractivity (Wildman–Crippen MR) is 142 cm³/mol. The summed E-state index contributed by atoms with van der Waals surface area (Å²) < 4.78 is 49.7. The van der Waals surface area contributed by atoms with Gasteiger partial charge in [-0.05, 0) is 71.3 Å². The van der Waals surface area contributed by atoms with Gasteiger partial charge in [-0.2, -0.15) is 18.3 Å². The van der Waals surface area contributed by atoms with Crippen molar-refractivity contribution in [1.82, 2.24) is 5.43 Å². The number of hydrazone groups is 1. The summed E-state index contributed by atoms with van der Waals surface area (Å²) in [7, 11) is 0. The summed E-state index contributed by atoms with van der Waals surface area (Å²) in [6, 6.07) is 22.9. The Hall–Kier alpha value is -4.86. The second kappa shape index (κ2) is 12.1. The van der Waals surface area contributed by atoms with Crippen LogP contribution in [0.3, 0.4) is 0 Å². The van der Waals surface area contributed by atoms with Gasteiger partial charge < -0.3 is 14.8 Å². The lowest BCUT2D eigenvalue weighted by molar-refractivity contribution is -0.137. The van der Waals surface area contributed by atoms with Gasteiger partial charge in [0.1, 0.15) is 6.61 Å². The zero-order valence-corrected chi connectivity index (χ0v) is 20.8. The number of benzene rings is 4. The predicted octanol–water partition coefficient (Wildman–Crippen LogP) is 5.93. The zero-order chi connectivity index (χ0) is 27.8. The van der Waals surface area contributed by atoms with E-state index in [2.05, 4.69) is 15.8 Å². The van der Waals surface area contributed by atoms with Gasteiger partial charge in [0.25, 0.3) is 0 Å². The van der Waals surface area contributed by atoms with Crippen LogP contribution in [0.1, 0.15) is 23.6 Å². The molecule has 4 rings (SSSR count). The molecule has 0 spiro atoms. The van der Waals surface area contributed by atoms with E-state index in [1.54, 1.807) is 18.2 Å². The van der Waals surface area contributed by atoms with Crippen molar-refractivity contribution in [2.45, 2.75) is 19.7 Å². The topological polar surface area (TPSA) is 89.0 Å². The van der Waals surface area contributed by atoms with Gasteiger partial charge >= 0.3 is 18.0 Å². The zero-order valence-electron chi connectivity index (χ0n) is 20.8. The standard InChI is InChI=1S/C29H24F3N3O4/c1-2-38-26-16-19(10-15-25(26)39-18-21-8-5-7-20-6-3-4-9-24(20)21)17-33-35-28(37)27(36)34-23-13-11-22(12-14-23)29(30,31)32/h3-17H,2,18H2,1H3,(H,34,36)(H,35,37)/b33-17+. The normalized spacial score (nSPS) is 11.4. The first-order valence-electron chi connectivity index (χ1n) is 11.9. The Morgan fingerprint density at radius 1 is 0.872 bits per heavy atom. The Morgan fingerprint density at radius 3 is 2.36 bits per heavy atom. The second-order valence-electron chi connectivity index (χ2n) is 8.29. The molecular weight excluding hydrogens is 511 g/mol. The Morgan fingerprint density at radius 2 is 1.62 bits per heavy atom. The summed E-state index contributed by atoms with van der Waals surface area (Å²) in [5.41, 5.74) is 2.84. The molecule has 2 amide bonds. The van der Waals surface area contributed by atoms with Gasteiger partial charge in [0, 0.05) is 5.69 Å². The highest BCUT2D eigenvalue weighted by Crippen LogP contribution is 2.31. The monoisotopic (exact) mass is 535 g/mol. The molecule has 0 aromatic heterocycles. The number of hydrogen-bond acceptors (Lipinski definition) is 5. The third-order valence-electron chi connectivity index (χ3n) is 5.59. The molecule has 2 N–H and O–H groups in total. The molecule has 0 radical (unpaired) electrons. The first-order chi connectivity index (χ1) is 18.7. The Bertz CT molecular complexity index is 1500. The van der Waals surface area contributed by atoms with Crippen molar-refractivity contribution in [1.29, 1.82) is 0 Å². The number of rotatable bonds is 8.